The van der Waals surface area contributed by atoms with Gasteiger partial charge >= 0.3 is 5.97 Å². The molecule has 0 rings (SSSR count). The molecule has 4 heteroatoms. The Bertz CT molecular complexity index is 150. The number of hydrogen-bond acceptors (Lipinski definition) is 3. The van der Waals surface area contributed by atoms with E-state index in [1.807, 2.05) is 6.92 Å². The SMILES string of the molecule is CCCC[C@H](Cl)[C@@H](O)C(=O)OCC. The van der Waals surface area contributed by atoms with E-state index in [1.165, 1.54) is 0 Å². The molecule has 0 aromatic heterocycles. The molecule has 0 saturated heterocycles. The first kappa shape index (κ1) is 12.7. The summed E-state index contributed by atoms with van der Waals surface area (Å²) in [5, 5.41) is 8.81. The summed E-state index contributed by atoms with van der Waals surface area (Å²) >= 11 is 5.79. The Kier molecular flexibility index (Phi) is 7.00. The van der Waals surface area contributed by atoms with E-state index in [0.29, 0.717) is 6.42 Å². The third-order valence-electron chi connectivity index (χ3n) is 1.70. The Hall–Kier alpha value is -0.280. The lowest BCUT2D eigenvalue weighted by Crippen LogP contribution is -2.32. The molecule has 0 amide bonds. The summed E-state index contributed by atoms with van der Waals surface area (Å²) in [5.74, 6) is -0.626. The zero-order valence-corrected chi connectivity index (χ0v) is 8.88. The molecule has 0 aromatic rings. The molecule has 78 valence electrons. The first-order chi connectivity index (χ1) is 6.13. The highest BCUT2D eigenvalue weighted by Crippen LogP contribution is 2.12. The van der Waals surface area contributed by atoms with E-state index in [-0.39, 0.29) is 6.61 Å². The molecule has 0 aliphatic rings. The van der Waals surface area contributed by atoms with Crippen LogP contribution in [0.2, 0.25) is 0 Å². The molecule has 0 aromatic carbocycles. The van der Waals surface area contributed by atoms with Crippen LogP contribution in [0.15, 0.2) is 0 Å². The summed E-state index contributed by atoms with van der Waals surface area (Å²) in [6.07, 6.45) is 1.36. The number of hydrogen-bond donors (Lipinski definition) is 1. The molecule has 0 saturated carbocycles. The largest absolute Gasteiger partial charge is 0.464 e. The van der Waals surface area contributed by atoms with Crippen molar-refractivity contribution >= 4 is 17.6 Å². The predicted molar refractivity (Wildman–Crippen MR) is 51.8 cm³/mol. The van der Waals surface area contributed by atoms with Crippen molar-refractivity contribution in [3.05, 3.63) is 0 Å². The van der Waals surface area contributed by atoms with Crippen LogP contribution in [-0.4, -0.2) is 29.2 Å². The maximum atomic E-state index is 11.0. The lowest BCUT2D eigenvalue weighted by Gasteiger charge is -2.14. The number of esters is 1. The van der Waals surface area contributed by atoms with Gasteiger partial charge in [0.05, 0.1) is 12.0 Å². The summed E-state index contributed by atoms with van der Waals surface area (Å²) in [4.78, 5) is 11.0. The van der Waals surface area contributed by atoms with Crippen LogP contribution < -0.4 is 0 Å². The van der Waals surface area contributed by atoms with Crippen LogP contribution >= 0.6 is 11.6 Å². The Labute approximate surface area is 84.0 Å². The number of aliphatic hydroxyl groups is 1. The molecule has 0 heterocycles. The standard InChI is InChI=1S/C9H17ClO3/c1-3-5-6-7(10)8(11)9(12)13-4-2/h7-8,11H,3-6H2,1-2H3/t7-,8+/m0/s1. The fraction of sp³-hybridized carbons (Fsp3) is 0.889. The van der Waals surface area contributed by atoms with Crippen LogP contribution in [0.4, 0.5) is 0 Å². The maximum absolute atomic E-state index is 11.0. The summed E-state index contributed by atoms with van der Waals surface area (Å²) < 4.78 is 4.63. The molecule has 2 atom stereocenters. The minimum absolute atomic E-state index is 0.271. The second kappa shape index (κ2) is 7.15. The van der Waals surface area contributed by atoms with E-state index >= 15 is 0 Å². The number of alkyl halides is 1. The minimum atomic E-state index is -1.19. The molecule has 0 unspecified atom stereocenters. The van der Waals surface area contributed by atoms with E-state index in [4.69, 9.17) is 11.6 Å². The summed E-state index contributed by atoms with van der Waals surface area (Å²) in [6.45, 7) is 3.99. The minimum Gasteiger partial charge on any atom is -0.464 e. The van der Waals surface area contributed by atoms with Gasteiger partial charge in [-0.1, -0.05) is 19.8 Å². The number of carbonyl (C=O) groups excluding carboxylic acids is 1. The van der Waals surface area contributed by atoms with Gasteiger partial charge < -0.3 is 9.84 Å². The van der Waals surface area contributed by atoms with Crippen molar-refractivity contribution in [3.63, 3.8) is 0 Å². The van der Waals surface area contributed by atoms with Gasteiger partial charge in [0.25, 0.3) is 0 Å². The highest BCUT2D eigenvalue weighted by Gasteiger charge is 2.24. The number of ether oxygens (including phenoxy) is 1. The molecule has 0 aliphatic heterocycles. The Balaban J connectivity index is 3.79. The molecular weight excluding hydrogens is 192 g/mol. The molecular formula is C9H17ClO3. The van der Waals surface area contributed by atoms with Gasteiger partial charge in [-0.2, -0.15) is 0 Å². The number of unbranched alkanes of at least 4 members (excludes halogenated alkanes) is 1. The smallest absolute Gasteiger partial charge is 0.336 e. The topological polar surface area (TPSA) is 46.5 Å². The van der Waals surface area contributed by atoms with Gasteiger partial charge in [0.2, 0.25) is 0 Å². The molecule has 0 bridgehead atoms. The van der Waals surface area contributed by atoms with Crippen LogP contribution in [-0.2, 0) is 9.53 Å². The molecule has 0 fully saturated rings. The fourth-order valence-corrected chi connectivity index (χ4v) is 1.19. The van der Waals surface area contributed by atoms with Crippen molar-refractivity contribution in [3.8, 4) is 0 Å². The van der Waals surface area contributed by atoms with Crippen LogP contribution in [0.3, 0.4) is 0 Å². The van der Waals surface area contributed by atoms with Crippen molar-refractivity contribution in [2.24, 2.45) is 0 Å². The van der Waals surface area contributed by atoms with Crippen LogP contribution in [0.5, 0.6) is 0 Å². The normalized spacial score (nSPS) is 15.1. The van der Waals surface area contributed by atoms with Crippen molar-refractivity contribution in [2.75, 3.05) is 6.61 Å². The quantitative estimate of drug-likeness (QED) is 0.534. The van der Waals surface area contributed by atoms with Crippen molar-refractivity contribution < 1.29 is 14.6 Å². The highest BCUT2D eigenvalue weighted by atomic mass is 35.5. The molecule has 0 radical (unpaired) electrons. The van der Waals surface area contributed by atoms with Gasteiger partial charge in [-0.05, 0) is 13.3 Å². The van der Waals surface area contributed by atoms with E-state index < -0.39 is 17.5 Å². The van der Waals surface area contributed by atoms with E-state index in [1.54, 1.807) is 6.92 Å². The van der Waals surface area contributed by atoms with Crippen LogP contribution in [0.25, 0.3) is 0 Å². The zero-order valence-electron chi connectivity index (χ0n) is 8.12. The van der Waals surface area contributed by atoms with E-state index in [9.17, 15) is 9.90 Å². The first-order valence-corrected chi connectivity index (χ1v) is 5.05. The summed E-state index contributed by atoms with van der Waals surface area (Å²) in [7, 11) is 0. The van der Waals surface area contributed by atoms with Gasteiger partial charge in [0, 0.05) is 0 Å². The highest BCUT2D eigenvalue weighted by molar-refractivity contribution is 6.22. The third-order valence-corrected chi connectivity index (χ3v) is 2.16. The maximum Gasteiger partial charge on any atom is 0.336 e. The first-order valence-electron chi connectivity index (χ1n) is 4.62. The molecule has 0 spiro atoms. The molecule has 1 N–H and O–H groups in total. The van der Waals surface area contributed by atoms with Crippen LogP contribution in [0.1, 0.15) is 33.1 Å². The number of halogens is 1. The third kappa shape index (κ3) is 5.11. The van der Waals surface area contributed by atoms with Crippen LogP contribution in [0, 0.1) is 0 Å². The van der Waals surface area contributed by atoms with E-state index in [0.717, 1.165) is 12.8 Å². The number of aliphatic hydroxyl groups excluding tert-OH is 1. The number of rotatable bonds is 6. The van der Waals surface area contributed by atoms with E-state index in [2.05, 4.69) is 4.74 Å². The lowest BCUT2D eigenvalue weighted by atomic mass is 10.1. The Morgan fingerprint density at radius 3 is 2.62 bits per heavy atom. The van der Waals surface area contributed by atoms with Crippen molar-refractivity contribution in [2.45, 2.75) is 44.6 Å². The zero-order chi connectivity index (χ0) is 10.3. The average molecular weight is 209 g/mol. The Morgan fingerprint density at radius 2 is 2.15 bits per heavy atom. The van der Waals surface area contributed by atoms with Gasteiger partial charge in [-0.15, -0.1) is 11.6 Å². The second-order valence-electron chi connectivity index (χ2n) is 2.86. The molecule has 13 heavy (non-hydrogen) atoms. The predicted octanol–water partition coefficient (Wildman–Crippen LogP) is 1.71. The van der Waals surface area contributed by atoms with Gasteiger partial charge in [0.1, 0.15) is 0 Å². The van der Waals surface area contributed by atoms with Gasteiger partial charge in [-0.3, -0.25) is 0 Å². The monoisotopic (exact) mass is 208 g/mol. The summed E-state index contributed by atoms with van der Waals surface area (Å²) in [5.41, 5.74) is 0. The molecule has 0 aliphatic carbocycles. The number of carbonyl (C=O) groups is 1. The molecule has 3 nitrogen and oxygen atoms in total. The fourth-order valence-electron chi connectivity index (χ4n) is 0.932. The van der Waals surface area contributed by atoms with Crippen molar-refractivity contribution in [1.29, 1.82) is 0 Å². The Morgan fingerprint density at radius 1 is 1.54 bits per heavy atom. The summed E-state index contributed by atoms with van der Waals surface area (Å²) in [6, 6.07) is 0. The average Bonchev–Trinajstić information content (AvgIpc) is 2.13. The van der Waals surface area contributed by atoms with Gasteiger partial charge in [0.15, 0.2) is 6.10 Å². The van der Waals surface area contributed by atoms with Crippen molar-refractivity contribution in [1.82, 2.24) is 0 Å². The van der Waals surface area contributed by atoms with Gasteiger partial charge in [-0.25, -0.2) is 4.79 Å². The second-order valence-corrected chi connectivity index (χ2v) is 3.42. The lowest BCUT2D eigenvalue weighted by molar-refractivity contribution is -0.153.